The Kier molecular flexibility index (Phi) is 3.69. The zero-order valence-corrected chi connectivity index (χ0v) is 10.1. The number of methoxy groups -OCH3 is 1. The number of carbonyl (C=O) groups excluding carboxylic acids is 1. The molecule has 6 nitrogen and oxygen atoms in total. The third-order valence-corrected chi connectivity index (χ3v) is 2.31. The van der Waals surface area contributed by atoms with Crippen molar-refractivity contribution < 1.29 is 9.53 Å². The van der Waals surface area contributed by atoms with Gasteiger partial charge in [-0.3, -0.25) is 0 Å². The lowest BCUT2D eigenvalue weighted by atomic mass is 10.2. The minimum Gasteiger partial charge on any atom is -0.465 e. The molecule has 1 aromatic carbocycles. The van der Waals surface area contributed by atoms with Crippen LogP contribution in [0.1, 0.15) is 5.69 Å². The average Bonchev–Trinajstić information content (AvgIpc) is 2.93. The lowest BCUT2D eigenvalue weighted by molar-refractivity contribution is -0.135. The van der Waals surface area contributed by atoms with E-state index in [1.165, 1.54) is 24.2 Å². The molecule has 0 N–H and O–H groups in total. The van der Waals surface area contributed by atoms with E-state index in [4.69, 9.17) is 5.26 Å². The van der Waals surface area contributed by atoms with Crippen LogP contribution in [0.4, 0.5) is 0 Å². The summed E-state index contributed by atoms with van der Waals surface area (Å²) in [5.41, 5.74) is 1.08. The van der Waals surface area contributed by atoms with Crippen molar-refractivity contribution >= 4 is 12.0 Å². The van der Waals surface area contributed by atoms with Crippen LogP contribution in [-0.4, -0.2) is 28.1 Å². The van der Waals surface area contributed by atoms with Crippen LogP contribution in [0.15, 0.2) is 42.1 Å². The van der Waals surface area contributed by atoms with Crippen molar-refractivity contribution in [3.63, 3.8) is 0 Å². The van der Waals surface area contributed by atoms with E-state index in [0.29, 0.717) is 5.69 Å². The highest BCUT2D eigenvalue weighted by atomic mass is 16.5. The van der Waals surface area contributed by atoms with E-state index in [9.17, 15) is 4.79 Å². The van der Waals surface area contributed by atoms with Crippen molar-refractivity contribution in [1.29, 1.82) is 5.26 Å². The summed E-state index contributed by atoms with van der Waals surface area (Å²) in [6.45, 7) is 0. The third-order valence-electron chi connectivity index (χ3n) is 2.31. The van der Waals surface area contributed by atoms with Crippen molar-refractivity contribution in [1.82, 2.24) is 15.0 Å². The zero-order valence-electron chi connectivity index (χ0n) is 10.1. The molecule has 0 aliphatic heterocycles. The van der Waals surface area contributed by atoms with Crippen molar-refractivity contribution in [2.45, 2.75) is 0 Å². The number of hydrogen-bond acceptors (Lipinski definition) is 5. The highest BCUT2D eigenvalue weighted by Gasteiger charge is 2.10. The van der Waals surface area contributed by atoms with Crippen molar-refractivity contribution in [2.24, 2.45) is 0 Å². The van der Waals surface area contributed by atoms with E-state index in [1.54, 1.807) is 6.07 Å². The molecule has 1 heterocycles. The Hall–Kier alpha value is -2.94. The van der Waals surface area contributed by atoms with E-state index < -0.39 is 5.97 Å². The van der Waals surface area contributed by atoms with Crippen LogP contribution in [0.2, 0.25) is 0 Å². The fraction of sp³-hybridized carbons (Fsp3) is 0.0769. The highest BCUT2D eigenvalue weighted by Crippen LogP contribution is 2.07. The Morgan fingerprint density at radius 3 is 2.79 bits per heavy atom. The van der Waals surface area contributed by atoms with Gasteiger partial charge in [-0.25, -0.2) is 4.79 Å². The third kappa shape index (κ3) is 2.84. The van der Waals surface area contributed by atoms with E-state index >= 15 is 0 Å². The molecule has 2 rings (SSSR count). The number of ether oxygens (including phenoxy) is 1. The fourth-order valence-electron chi connectivity index (χ4n) is 1.42. The lowest BCUT2D eigenvalue weighted by Crippen LogP contribution is -2.03. The molecule has 6 heteroatoms. The summed E-state index contributed by atoms with van der Waals surface area (Å²) in [6.07, 6.45) is 2.80. The van der Waals surface area contributed by atoms with Gasteiger partial charge in [-0.1, -0.05) is 18.2 Å². The number of para-hydroxylation sites is 1. The summed E-state index contributed by atoms with van der Waals surface area (Å²) < 4.78 is 4.48. The predicted octanol–water partition coefficient (Wildman–Crippen LogP) is 1.35. The van der Waals surface area contributed by atoms with Gasteiger partial charge in [0.05, 0.1) is 19.0 Å². The largest absolute Gasteiger partial charge is 0.465 e. The summed E-state index contributed by atoms with van der Waals surface area (Å²) in [5, 5.41) is 17.1. The second kappa shape index (κ2) is 5.60. The topological polar surface area (TPSA) is 80.8 Å². The molecule has 0 saturated carbocycles. The maximum Gasteiger partial charge on any atom is 0.348 e. The summed E-state index contributed by atoms with van der Waals surface area (Å²) in [6, 6.07) is 11.1. The predicted molar refractivity (Wildman–Crippen MR) is 67.0 cm³/mol. The monoisotopic (exact) mass is 254 g/mol. The maximum atomic E-state index is 11.3. The van der Waals surface area contributed by atoms with Gasteiger partial charge < -0.3 is 4.74 Å². The quantitative estimate of drug-likeness (QED) is 0.469. The van der Waals surface area contributed by atoms with E-state index in [0.717, 1.165) is 5.69 Å². The maximum absolute atomic E-state index is 11.3. The van der Waals surface area contributed by atoms with Gasteiger partial charge in [-0.05, 0) is 18.2 Å². The molecule has 0 radical (unpaired) electrons. The molecule has 0 saturated heterocycles. The molecule has 0 spiro atoms. The minimum absolute atomic E-state index is 0.123. The minimum atomic E-state index is -0.697. The Morgan fingerprint density at radius 2 is 2.16 bits per heavy atom. The van der Waals surface area contributed by atoms with Gasteiger partial charge in [0, 0.05) is 0 Å². The molecule has 0 aliphatic rings. The standard InChI is InChI=1S/C13H10N4O2/c1-19-13(18)10(8-14)7-11-9-15-17(16-11)12-5-3-2-4-6-12/h2-7,9H,1H3/b10-7-. The van der Waals surface area contributed by atoms with Crippen LogP contribution in [-0.2, 0) is 9.53 Å². The normalized spacial score (nSPS) is 10.8. The van der Waals surface area contributed by atoms with Crippen LogP contribution in [0, 0.1) is 11.3 Å². The van der Waals surface area contributed by atoms with E-state index in [1.807, 2.05) is 30.3 Å². The van der Waals surface area contributed by atoms with Gasteiger partial charge in [0.25, 0.3) is 0 Å². The second-order valence-electron chi connectivity index (χ2n) is 3.56. The van der Waals surface area contributed by atoms with Crippen LogP contribution < -0.4 is 0 Å². The first kappa shape index (κ1) is 12.5. The lowest BCUT2D eigenvalue weighted by Gasteiger charge is -1.97. The molecule has 94 valence electrons. The van der Waals surface area contributed by atoms with Gasteiger partial charge >= 0.3 is 5.97 Å². The average molecular weight is 254 g/mol. The number of nitrogens with zero attached hydrogens (tertiary/aromatic N) is 4. The number of benzene rings is 1. The number of esters is 1. The molecule has 0 fully saturated rings. The summed E-state index contributed by atoms with van der Waals surface area (Å²) in [5.74, 6) is -0.697. The molecule has 2 aromatic rings. The Morgan fingerprint density at radius 1 is 1.42 bits per heavy atom. The van der Waals surface area contributed by atoms with Crippen molar-refractivity contribution in [3.05, 3.63) is 47.8 Å². The molecule has 0 atom stereocenters. The van der Waals surface area contributed by atoms with Crippen LogP contribution in [0.5, 0.6) is 0 Å². The van der Waals surface area contributed by atoms with E-state index in [2.05, 4.69) is 14.9 Å². The van der Waals surface area contributed by atoms with Gasteiger partial charge in [0.1, 0.15) is 17.3 Å². The number of nitriles is 1. The van der Waals surface area contributed by atoms with Gasteiger partial charge in [0.15, 0.2) is 0 Å². The Balaban J connectivity index is 2.30. The second-order valence-corrected chi connectivity index (χ2v) is 3.56. The first-order valence-corrected chi connectivity index (χ1v) is 5.42. The molecule has 0 unspecified atom stereocenters. The highest BCUT2D eigenvalue weighted by molar-refractivity contribution is 5.97. The first-order valence-electron chi connectivity index (χ1n) is 5.42. The molecular formula is C13H10N4O2. The van der Waals surface area contributed by atoms with Crippen LogP contribution in [0.25, 0.3) is 11.8 Å². The fourth-order valence-corrected chi connectivity index (χ4v) is 1.42. The SMILES string of the molecule is COC(=O)/C(C#N)=C\c1cnn(-c2ccccc2)n1. The zero-order chi connectivity index (χ0) is 13.7. The molecular weight excluding hydrogens is 244 g/mol. The molecule has 0 amide bonds. The first-order chi connectivity index (χ1) is 9.24. The van der Waals surface area contributed by atoms with Crippen LogP contribution >= 0.6 is 0 Å². The van der Waals surface area contributed by atoms with Gasteiger partial charge in [0.2, 0.25) is 0 Å². The molecule has 1 aromatic heterocycles. The molecule has 0 aliphatic carbocycles. The number of rotatable bonds is 3. The Bertz CT molecular complexity index is 653. The molecule has 19 heavy (non-hydrogen) atoms. The number of aromatic nitrogens is 3. The molecule has 0 bridgehead atoms. The van der Waals surface area contributed by atoms with E-state index in [-0.39, 0.29) is 5.57 Å². The summed E-state index contributed by atoms with van der Waals surface area (Å²) in [4.78, 5) is 12.7. The van der Waals surface area contributed by atoms with Gasteiger partial charge in [-0.15, -0.1) is 5.10 Å². The smallest absolute Gasteiger partial charge is 0.348 e. The van der Waals surface area contributed by atoms with Gasteiger partial charge in [-0.2, -0.15) is 15.2 Å². The number of carbonyl (C=O) groups is 1. The Labute approximate surface area is 109 Å². The van der Waals surface area contributed by atoms with Crippen LogP contribution in [0.3, 0.4) is 0 Å². The van der Waals surface area contributed by atoms with Crippen molar-refractivity contribution in [3.8, 4) is 11.8 Å². The summed E-state index contributed by atoms with van der Waals surface area (Å²) in [7, 11) is 1.22. The van der Waals surface area contributed by atoms with Crippen molar-refractivity contribution in [2.75, 3.05) is 7.11 Å². The number of hydrogen-bond donors (Lipinski definition) is 0. The summed E-state index contributed by atoms with van der Waals surface area (Å²) >= 11 is 0.